The van der Waals surface area contributed by atoms with Gasteiger partial charge < -0.3 is 4.74 Å². The molecule has 0 bridgehead atoms. The molecule has 0 N–H and O–H groups in total. The summed E-state index contributed by atoms with van der Waals surface area (Å²) in [5, 5.41) is 0. The Balaban J connectivity index is 3.81. The molecule has 0 rings (SSSR count). The second kappa shape index (κ2) is 5.92. The zero-order chi connectivity index (χ0) is 10.3. The van der Waals surface area contributed by atoms with E-state index in [2.05, 4.69) is 13.8 Å². The first-order valence-electron chi connectivity index (χ1n) is 4.77. The molecule has 0 heterocycles. The molecule has 0 saturated carbocycles. The molecule has 76 valence electrons. The van der Waals surface area contributed by atoms with Crippen LogP contribution in [0.3, 0.4) is 0 Å². The number of carbonyl (C=O) groups excluding carboxylic acids is 1. The van der Waals surface area contributed by atoms with Crippen LogP contribution in [-0.2, 0) is 9.53 Å². The van der Waals surface area contributed by atoms with E-state index in [1.54, 1.807) is 0 Å². The van der Waals surface area contributed by atoms with Crippen LogP contribution in [-0.4, -0.2) is 18.5 Å². The number of aldehydes is 1. The first kappa shape index (κ1) is 12.4. The molecule has 0 aliphatic rings. The molecule has 2 heteroatoms. The minimum absolute atomic E-state index is 0.0750. The van der Waals surface area contributed by atoms with Gasteiger partial charge in [-0.1, -0.05) is 6.08 Å². The van der Waals surface area contributed by atoms with Gasteiger partial charge in [0.2, 0.25) is 0 Å². The molecule has 0 amide bonds. The second-order valence-electron chi connectivity index (χ2n) is 3.80. The monoisotopic (exact) mass is 184 g/mol. The lowest BCUT2D eigenvalue weighted by Crippen LogP contribution is -2.23. The number of allylic oxidation sites excluding steroid dienone is 2. The zero-order valence-electron chi connectivity index (χ0n) is 9.09. The number of rotatable bonds is 6. The van der Waals surface area contributed by atoms with E-state index >= 15 is 0 Å². The summed E-state index contributed by atoms with van der Waals surface area (Å²) < 4.78 is 5.53. The predicted molar refractivity (Wildman–Crippen MR) is 54.8 cm³/mol. The highest BCUT2D eigenvalue weighted by Gasteiger charge is 2.15. The molecule has 0 aliphatic heterocycles. The van der Waals surface area contributed by atoms with Crippen molar-refractivity contribution >= 4 is 6.29 Å². The Hall–Kier alpha value is -0.630. The zero-order valence-corrected chi connectivity index (χ0v) is 9.09. The van der Waals surface area contributed by atoms with Gasteiger partial charge in [-0.15, -0.1) is 0 Å². The van der Waals surface area contributed by atoms with Gasteiger partial charge in [-0.3, -0.25) is 4.79 Å². The average molecular weight is 184 g/mol. The summed E-state index contributed by atoms with van der Waals surface area (Å²) in [5.41, 5.74) is 0.723. The van der Waals surface area contributed by atoms with E-state index in [1.807, 2.05) is 19.9 Å². The highest BCUT2D eigenvalue weighted by molar-refractivity contribution is 5.71. The van der Waals surface area contributed by atoms with Gasteiger partial charge in [0.05, 0.1) is 5.60 Å². The smallest absolute Gasteiger partial charge is 0.145 e. The Morgan fingerprint density at radius 2 is 2.08 bits per heavy atom. The molecule has 13 heavy (non-hydrogen) atoms. The summed E-state index contributed by atoms with van der Waals surface area (Å²) >= 11 is 0. The fourth-order valence-electron chi connectivity index (χ4n) is 1.16. The van der Waals surface area contributed by atoms with Crippen molar-refractivity contribution in [2.45, 2.75) is 46.1 Å². The lowest BCUT2D eigenvalue weighted by molar-refractivity contribution is -0.104. The summed E-state index contributed by atoms with van der Waals surface area (Å²) in [5.74, 6) is 0. The average Bonchev–Trinajstić information content (AvgIpc) is 2.03. The van der Waals surface area contributed by atoms with Gasteiger partial charge in [0.25, 0.3) is 0 Å². The first-order valence-corrected chi connectivity index (χ1v) is 4.77. The van der Waals surface area contributed by atoms with E-state index in [0.29, 0.717) is 0 Å². The fourth-order valence-corrected chi connectivity index (χ4v) is 1.16. The van der Waals surface area contributed by atoms with Crippen LogP contribution < -0.4 is 0 Å². The van der Waals surface area contributed by atoms with E-state index in [1.165, 1.54) is 0 Å². The van der Waals surface area contributed by atoms with Crippen molar-refractivity contribution in [2.75, 3.05) is 6.61 Å². The fraction of sp³-hybridized carbons (Fsp3) is 0.727. The minimum atomic E-state index is -0.0750. The van der Waals surface area contributed by atoms with Crippen molar-refractivity contribution in [3.8, 4) is 0 Å². The van der Waals surface area contributed by atoms with Crippen molar-refractivity contribution in [3.63, 3.8) is 0 Å². The molecule has 0 aromatic heterocycles. The van der Waals surface area contributed by atoms with E-state index in [-0.39, 0.29) is 5.60 Å². The van der Waals surface area contributed by atoms with Crippen molar-refractivity contribution in [2.24, 2.45) is 0 Å². The Kier molecular flexibility index (Phi) is 5.63. The van der Waals surface area contributed by atoms with Crippen molar-refractivity contribution < 1.29 is 9.53 Å². The van der Waals surface area contributed by atoms with Crippen LogP contribution in [0.1, 0.15) is 40.5 Å². The number of ether oxygens (including phenoxy) is 1. The van der Waals surface area contributed by atoms with Gasteiger partial charge >= 0.3 is 0 Å². The van der Waals surface area contributed by atoms with E-state index < -0.39 is 0 Å². The molecule has 0 aliphatic carbocycles. The third-order valence-electron chi connectivity index (χ3n) is 1.93. The maximum Gasteiger partial charge on any atom is 0.145 e. The van der Waals surface area contributed by atoms with E-state index in [9.17, 15) is 4.79 Å². The van der Waals surface area contributed by atoms with Crippen molar-refractivity contribution in [3.05, 3.63) is 11.6 Å². The van der Waals surface area contributed by atoms with Gasteiger partial charge in [-0.25, -0.2) is 0 Å². The molecule has 2 nitrogen and oxygen atoms in total. The second-order valence-corrected chi connectivity index (χ2v) is 3.80. The molecule has 0 spiro atoms. The standard InChI is InChI=1S/C11H20O2/c1-5-13-11(3,4)8-6-7-10(2)9-12/h7,9H,5-6,8H2,1-4H3/b10-7+. The number of hydrogen-bond donors (Lipinski definition) is 0. The Labute approximate surface area is 81.0 Å². The van der Waals surface area contributed by atoms with E-state index in [0.717, 1.165) is 31.3 Å². The van der Waals surface area contributed by atoms with Crippen LogP contribution in [0.2, 0.25) is 0 Å². The lowest BCUT2D eigenvalue weighted by Gasteiger charge is -2.23. The molecular weight excluding hydrogens is 164 g/mol. The molecule has 0 radical (unpaired) electrons. The highest BCUT2D eigenvalue weighted by Crippen LogP contribution is 2.17. The topological polar surface area (TPSA) is 26.3 Å². The quantitative estimate of drug-likeness (QED) is 0.468. The van der Waals surface area contributed by atoms with E-state index in [4.69, 9.17) is 4.74 Å². The largest absolute Gasteiger partial charge is 0.376 e. The summed E-state index contributed by atoms with van der Waals surface area (Å²) in [7, 11) is 0. The van der Waals surface area contributed by atoms with Gasteiger partial charge in [0.15, 0.2) is 0 Å². The molecule has 0 atom stereocenters. The predicted octanol–water partition coefficient (Wildman–Crippen LogP) is 2.73. The maximum atomic E-state index is 10.3. The summed E-state index contributed by atoms with van der Waals surface area (Å²) in [4.78, 5) is 10.3. The molecule has 0 aromatic rings. The molecular formula is C11H20O2. The van der Waals surface area contributed by atoms with Gasteiger partial charge in [0.1, 0.15) is 6.29 Å². The molecule has 0 unspecified atom stereocenters. The number of carbonyl (C=O) groups is 1. The molecule has 0 fully saturated rings. The molecule has 0 saturated heterocycles. The van der Waals surface area contributed by atoms with Crippen LogP contribution in [0.15, 0.2) is 11.6 Å². The Morgan fingerprint density at radius 3 is 2.54 bits per heavy atom. The van der Waals surface area contributed by atoms with Crippen molar-refractivity contribution in [1.29, 1.82) is 0 Å². The Morgan fingerprint density at radius 1 is 1.46 bits per heavy atom. The first-order chi connectivity index (χ1) is 6.02. The lowest BCUT2D eigenvalue weighted by atomic mass is 10.0. The summed E-state index contributed by atoms with van der Waals surface area (Å²) in [6.45, 7) is 8.69. The van der Waals surface area contributed by atoms with Gasteiger partial charge in [0, 0.05) is 6.61 Å². The van der Waals surface area contributed by atoms with Crippen LogP contribution >= 0.6 is 0 Å². The third-order valence-corrected chi connectivity index (χ3v) is 1.93. The van der Waals surface area contributed by atoms with Crippen LogP contribution in [0.4, 0.5) is 0 Å². The Bertz CT molecular complexity index is 181. The van der Waals surface area contributed by atoms with Crippen LogP contribution in [0, 0.1) is 0 Å². The highest BCUT2D eigenvalue weighted by atomic mass is 16.5. The third kappa shape index (κ3) is 6.52. The summed E-state index contributed by atoms with van der Waals surface area (Å²) in [6.07, 6.45) is 4.69. The normalized spacial score (nSPS) is 13.1. The minimum Gasteiger partial charge on any atom is -0.376 e. The summed E-state index contributed by atoms with van der Waals surface area (Å²) in [6, 6.07) is 0. The van der Waals surface area contributed by atoms with Crippen molar-refractivity contribution in [1.82, 2.24) is 0 Å². The van der Waals surface area contributed by atoms with Crippen LogP contribution in [0.25, 0.3) is 0 Å². The van der Waals surface area contributed by atoms with Gasteiger partial charge in [-0.2, -0.15) is 0 Å². The van der Waals surface area contributed by atoms with Crippen LogP contribution in [0.5, 0.6) is 0 Å². The number of hydrogen-bond acceptors (Lipinski definition) is 2. The SMILES string of the molecule is CCOC(C)(C)CC/C=C(\C)C=O. The molecule has 0 aromatic carbocycles. The van der Waals surface area contributed by atoms with Gasteiger partial charge in [-0.05, 0) is 46.1 Å². The maximum absolute atomic E-state index is 10.3.